The number of hydrogen-bond acceptors (Lipinski definition) is 3. The van der Waals surface area contributed by atoms with Crippen LogP contribution >= 0.6 is 11.3 Å². The number of rotatable bonds is 4. The molecule has 3 nitrogen and oxygen atoms in total. The Morgan fingerprint density at radius 1 is 0.451 bits per heavy atom. The van der Waals surface area contributed by atoms with Crippen LogP contribution < -0.4 is 0 Å². The second-order valence-electron chi connectivity index (χ2n) is 13.1. The van der Waals surface area contributed by atoms with E-state index in [4.69, 9.17) is 9.40 Å². The molecule has 0 aliphatic heterocycles. The lowest BCUT2D eigenvalue weighted by atomic mass is 9.99. The highest BCUT2D eigenvalue weighted by Gasteiger charge is 2.19. The van der Waals surface area contributed by atoms with E-state index in [-0.39, 0.29) is 0 Å². The maximum absolute atomic E-state index is 6.46. The van der Waals surface area contributed by atoms with Crippen LogP contribution in [0.15, 0.2) is 174 Å². The highest BCUT2D eigenvalue weighted by Crippen LogP contribution is 2.44. The van der Waals surface area contributed by atoms with Crippen LogP contribution in [0.4, 0.5) is 0 Å². The zero-order chi connectivity index (χ0) is 33.5. The van der Waals surface area contributed by atoms with E-state index in [9.17, 15) is 0 Å². The molecule has 7 aromatic carbocycles. The fourth-order valence-electron chi connectivity index (χ4n) is 7.90. The zero-order valence-electron chi connectivity index (χ0n) is 27.4. The van der Waals surface area contributed by atoms with Gasteiger partial charge < -0.3 is 8.98 Å². The lowest BCUT2D eigenvalue weighted by molar-refractivity contribution is 0.670. The molecule has 0 fully saturated rings. The number of fused-ring (bicyclic) bond motifs is 10. The molecule has 0 amide bonds. The number of aromatic nitrogens is 2. The zero-order valence-corrected chi connectivity index (χ0v) is 28.2. The smallest absolute Gasteiger partial charge is 0.144 e. The molecule has 11 rings (SSSR count). The van der Waals surface area contributed by atoms with Crippen LogP contribution in [0.25, 0.3) is 103 Å². The number of para-hydroxylation sites is 3. The Hall–Kier alpha value is -6.49. The first kappa shape index (κ1) is 28.4. The first-order chi connectivity index (χ1) is 25.3. The Labute approximate surface area is 297 Å². The summed E-state index contributed by atoms with van der Waals surface area (Å²) in [5, 5.41) is 7.45. The Balaban J connectivity index is 1.09. The molecule has 11 aromatic rings. The van der Waals surface area contributed by atoms with Crippen molar-refractivity contribution in [3.8, 4) is 39.3 Å². The van der Waals surface area contributed by atoms with Gasteiger partial charge in [0.2, 0.25) is 0 Å². The molecule has 0 saturated heterocycles. The second kappa shape index (κ2) is 11.0. The van der Waals surface area contributed by atoms with Gasteiger partial charge in [-0.05, 0) is 71.8 Å². The molecule has 238 valence electrons. The summed E-state index contributed by atoms with van der Waals surface area (Å²) in [5.41, 5.74) is 11.4. The standard InChI is InChI=1S/C47H28N2OS/c1-2-11-29(12-3-1)31-27-38(48-39(28-31)35-17-10-16-34-33-13-5-8-19-42(33)50-47(34)35)30-21-23-32(24-22-30)49-40-18-7-4-14-36(40)45-41(49)25-26-44-46(45)37-15-6-9-20-43(37)51-44/h1-28H. The summed E-state index contributed by atoms with van der Waals surface area (Å²) < 4.78 is 11.5. The van der Waals surface area contributed by atoms with Gasteiger partial charge in [0.05, 0.1) is 22.4 Å². The molecular weight excluding hydrogens is 641 g/mol. The maximum atomic E-state index is 6.46. The number of hydrogen-bond donors (Lipinski definition) is 0. The van der Waals surface area contributed by atoms with Gasteiger partial charge in [0.1, 0.15) is 11.2 Å². The highest BCUT2D eigenvalue weighted by molar-refractivity contribution is 7.26. The van der Waals surface area contributed by atoms with Crippen molar-refractivity contribution in [2.75, 3.05) is 0 Å². The number of pyridine rings is 1. The molecular formula is C47H28N2OS. The molecule has 0 aliphatic carbocycles. The molecule has 0 bridgehead atoms. The Morgan fingerprint density at radius 2 is 1.18 bits per heavy atom. The minimum absolute atomic E-state index is 0.858. The average molecular weight is 669 g/mol. The van der Waals surface area contributed by atoms with Gasteiger partial charge in [-0.3, -0.25) is 0 Å². The largest absolute Gasteiger partial charge is 0.455 e. The van der Waals surface area contributed by atoms with Gasteiger partial charge in [0.25, 0.3) is 0 Å². The molecule has 0 radical (unpaired) electrons. The lowest BCUT2D eigenvalue weighted by Crippen LogP contribution is -1.95. The minimum Gasteiger partial charge on any atom is -0.455 e. The van der Waals surface area contributed by atoms with Gasteiger partial charge in [-0.25, -0.2) is 4.98 Å². The van der Waals surface area contributed by atoms with Crippen molar-refractivity contribution in [2.45, 2.75) is 0 Å². The van der Waals surface area contributed by atoms with Gasteiger partial charge >= 0.3 is 0 Å². The highest BCUT2D eigenvalue weighted by atomic mass is 32.1. The summed E-state index contributed by atoms with van der Waals surface area (Å²) >= 11 is 1.87. The predicted molar refractivity (Wildman–Crippen MR) is 215 cm³/mol. The van der Waals surface area contributed by atoms with E-state index in [1.54, 1.807) is 0 Å². The third-order valence-electron chi connectivity index (χ3n) is 10.2. The van der Waals surface area contributed by atoms with E-state index in [1.807, 2.05) is 23.5 Å². The van der Waals surface area contributed by atoms with Gasteiger partial charge in [-0.1, -0.05) is 109 Å². The van der Waals surface area contributed by atoms with Crippen LogP contribution in [-0.2, 0) is 0 Å². The summed E-state index contributed by atoms with van der Waals surface area (Å²) in [4.78, 5) is 5.30. The Bertz CT molecular complexity index is 3130. The van der Waals surface area contributed by atoms with Crippen molar-refractivity contribution < 1.29 is 4.42 Å². The third kappa shape index (κ3) is 4.33. The van der Waals surface area contributed by atoms with Crippen LogP contribution in [0.5, 0.6) is 0 Å². The van der Waals surface area contributed by atoms with Crippen LogP contribution in [0.1, 0.15) is 0 Å². The van der Waals surface area contributed by atoms with Crippen molar-refractivity contribution in [3.63, 3.8) is 0 Å². The van der Waals surface area contributed by atoms with Crippen LogP contribution in [0.3, 0.4) is 0 Å². The van der Waals surface area contributed by atoms with E-state index in [1.165, 1.54) is 42.0 Å². The van der Waals surface area contributed by atoms with Crippen molar-refractivity contribution in [1.82, 2.24) is 9.55 Å². The summed E-state index contributed by atoms with van der Waals surface area (Å²) in [5.74, 6) is 0. The SMILES string of the molecule is c1ccc(-c2cc(-c3ccc(-n4c5ccccc5c5c6c(ccc54)sc4ccccc46)cc3)nc(-c3cccc4c3oc3ccccc34)c2)cc1. The first-order valence-corrected chi connectivity index (χ1v) is 18.0. The number of furan rings is 1. The van der Waals surface area contributed by atoms with Gasteiger partial charge in [-0.2, -0.15) is 0 Å². The van der Waals surface area contributed by atoms with Crippen molar-refractivity contribution in [2.24, 2.45) is 0 Å². The predicted octanol–water partition coefficient (Wildman–Crippen LogP) is 13.4. The Morgan fingerprint density at radius 3 is 2.06 bits per heavy atom. The topological polar surface area (TPSA) is 31.0 Å². The van der Waals surface area contributed by atoms with Crippen LogP contribution in [0, 0.1) is 0 Å². The summed E-state index contributed by atoms with van der Waals surface area (Å²) in [7, 11) is 0. The molecule has 0 N–H and O–H groups in total. The van der Waals surface area contributed by atoms with E-state index in [0.29, 0.717) is 0 Å². The number of benzene rings is 7. The van der Waals surface area contributed by atoms with E-state index < -0.39 is 0 Å². The van der Waals surface area contributed by atoms with Crippen LogP contribution in [-0.4, -0.2) is 9.55 Å². The first-order valence-electron chi connectivity index (χ1n) is 17.2. The fourth-order valence-corrected chi connectivity index (χ4v) is 9.01. The summed E-state index contributed by atoms with van der Waals surface area (Å²) in [6.45, 7) is 0. The van der Waals surface area contributed by atoms with Gasteiger partial charge in [-0.15, -0.1) is 11.3 Å². The number of thiophene rings is 1. The molecule has 0 spiro atoms. The summed E-state index contributed by atoms with van der Waals surface area (Å²) in [6.07, 6.45) is 0. The Kier molecular flexibility index (Phi) is 6.12. The minimum atomic E-state index is 0.858. The quantitative estimate of drug-likeness (QED) is 0.187. The van der Waals surface area contributed by atoms with E-state index >= 15 is 0 Å². The molecule has 4 heterocycles. The van der Waals surface area contributed by atoms with Crippen molar-refractivity contribution >= 4 is 75.3 Å². The van der Waals surface area contributed by atoms with E-state index in [0.717, 1.165) is 61.3 Å². The maximum Gasteiger partial charge on any atom is 0.144 e. The summed E-state index contributed by atoms with van der Waals surface area (Å²) in [6, 6.07) is 60.5. The monoisotopic (exact) mass is 668 g/mol. The average Bonchev–Trinajstić information content (AvgIpc) is 3.87. The second-order valence-corrected chi connectivity index (χ2v) is 14.2. The van der Waals surface area contributed by atoms with Crippen LogP contribution in [0.2, 0.25) is 0 Å². The molecule has 4 heteroatoms. The molecule has 51 heavy (non-hydrogen) atoms. The van der Waals surface area contributed by atoms with Crippen molar-refractivity contribution in [3.05, 3.63) is 170 Å². The van der Waals surface area contributed by atoms with Crippen molar-refractivity contribution in [1.29, 1.82) is 0 Å². The van der Waals surface area contributed by atoms with E-state index in [2.05, 4.69) is 162 Å². The molecule has 0 aliphatic rings. The molecule has 0 atom stereocenters. The lowest BCUT2D eigenvalue weighted by Gasteiger charge is -2.12. The molecule has 4 aromatic heterocycles. The molecule has 0 saturated carbocycles. The normalized spacial score (nSPS) is 11.9. The fraction of sp³-hybridized carbons (Fsp3) is 0. The molecule has 0 unspecified atom stereocenters. The number of nitrogens with zero attached hydrogens (tertiary/aromatic N) is 2. The van der Waals surface area contributed by atoms with Gasteiger partial charge in [0, 0.05) is 58.5 Å². The third-order valence-corrected chi connectivity index (χ3v) is 11.3. The van der Waals surface area contributed by atoms with Gasteiger partial charge in [0.15, 0.2) is 0 Å².